The standard InChI is InChI=1S/C37H57NO5Si2/c1-33(2,3)45(8,9)42-23-26-10-12-27(13-11-26)29-22-34(4)30(15-18-36(34,25-38)43-44(5,6)7)28-14-17-35(39)24-37(40-20-21-41-37)19-16-31(35)32(28)29/h10-13,28-30,39H,14-24H2,1-9H3/t28?,29-,30?,34+,35-,36+/m1/s1. The van der Waals surface area contributed by atoms with Crippen molar-refractivity contribution < 1.29 is 23.4 Å². The molecule has 1 aromatic carbocycles. The number of fused-ring (bicyclic) bond motifs is 4. The van der Waals surface area contributed by atoms with Crippen LogP contribution in [0.3, 0.4) is 0 Å². The van der Waals surface area contributed by atoms with Gasteiger partial charge in [-0.1, -0.05) is 57.5 Å². The molecule has 3 saturated carbocycles. The molecule has 4 aliphatic carbocycles. The second kappa shape index (κ2) is 11.1. The Balaban J connectivity index is 1.40. The first kappa shape index (κ1) is 33.6. The van der Waals surface area contributed by atoms with E-state index in [-0.39, 0.29) is 16.4 Å². The molecule has 8 heteroatoms. The lowest BCUT2D eigenvalue weighted by atomic mass is 9.49. The summed E-state index contributed by atoms with van der Waals surface area (Å²) >= 11 is 0. The number of hydrogen-bond donors (Lipinski definition) is 1. The molecule has 1 aromatic rings. The molecular weight excluding hydrogens is 595 g/mol. The van der Waals surface area contributed by atoms with Gasteiger partial charge in [-0.05, 0) is 105 Å². The van der Waals surface area contributed by atoms with E-state index in [0.717, 1.165) is 44.9 Å². The molecule has 1 aliphatic heterocycles. The summed E-state index contributed by atoms with van der Waals surface area (Å²) in [5, 5.41) is 23.4. The van der Waals surface area contributed by atoms with Gasteiger partial charge < -0.3 is 23.4 Å². The molecule has 6 nitrogen and oxygen atoms in total. The van der Waals surface area contributed by atoms with Gasteiger partial charge in [0.15, 0.2) is 22.4 Å². The van der Waals surface area contributed by atoms with Gasteiger partial charge in [-0.2, -0.15) is 5.26 Å². The van der Waals surface area contributed by atoms with Gasteiger partial charge in [0.2, 0.25) is 0 Å². The van der Waals surface area contributed by atoms with Crippen molar-refractivity contribution in [3.05, 3.63) is 46.5 Å². The summed E-state index contributed by atoms with van der Waals surface area (Å²) in [5.41, 5.74) is 3.22. The number of nitriles is 1. The van der Waals surface area contributed by atoms with E-state index in [0.29, 0.717) is 38.1 Å². The van der Waals surface area contributed by atoms with E-state index in [1.165, 1.54) is 22.3 Å². The summed E-state index contributed by atoms with van der Waals surface area (Å²) in [5.74, 6) is 0.184. The zero-order valence-electron chi connectivity index (χ0n) is 29.3. The van der Waals surface area contributed by atoms with E-state index in [4.69, 9.17) is 18.3 Å². The number of ether oxygens (including phenoxy) is 2. The highest BCUT2D eigenvalue weighted by molar-refractivity contribution is 6.74. The van der Waals surface area contributed by atoms with E-state index in [2.05, 4.69) is 90.8 Å². The third-order valence-corrected chi connectivity index (χ3v) is 18.2. The Kier molecular flexibility index (Phi) is 8.29. The summed E-state index contributed by atoms with van der Waals surface area (Å²) in [7, 11) is -3.86. The number of nitrogens with zero attached hydrogens (tertiary/aromatic N) is 1. The zero-order chi connectivity index (χ0) is 32.7. The van der Waals surface area contributed by atoms with Gasteiger partial charge in [0, 0.05) is 24.2 Å². The van der Waals surface area contributed by atoms with Crippen LogP contribution in [0.1, 0.15) is 96.1 Å². The fraction of sp³-hybridized carbons (Fsp3) is 0.757. The molecule has 45 heavy (non-hydrogen) atoms. The molecule has 0 bridgehead atoms. The van der Waals surface area contributed by atoms with Crippen molar-refractivity contribution in [2.45, 2.75) is 146 Å². The highest BCUT2D eigenvalue weighted by Gasteiger charge is 2.66. The minimum absolute atomic E-state index is 0.129. The van der Waals surface area contributed by atoms with E-state index < -0.39 is 33.6 Å². The van der Waals surface area contributed by atoms with Crippen LogP contribution in [0.15, 0.2) is 35.4 Å². The van der Waals surface area contributed by atoms with Gasteiger partial charge in [0.05, 0.1) is 31.5 Å². The molecule has 1 N–H and O–H groups in total. The summed E-state index contributed by atoms with van der Waals surface area (Å²) in [4.78, 5) is 0. The molecule has 6 atom stereocenters. The second-order valence-corrected chi connectivity index (χ2v) is 26.9. The van der Waals surface area contributed by atoms with Crippen LogP contribution >= 0.6 is 0 Å². The van der Waals surface area contributed by atoms with Crippen LogP contribution < -0.4 is 0 Å². The Morgan fingerprint density at radius 3 is 2.27 bits per heavy atom. The highest BCUT2D eigenvalue weighted by Crippen LogP contribution is 2.69. The Morgan fingerprint density at radius 1 is 1.00 bits per heavy atom. The molecule has 0 radical (unpaired) electrons. The predicted molar refractivity (Wildman–Crippen MR) is 183 cm³/mol. The van der Waals surface area contributed by atoms with Crippen LogP contribution in [0, 0.1) is 28.6 Å². The third kappa shape index (κ3) is 5.66. The first-order chi connectivity index (χ1) is 20.9. The summed E-state index contributed by atoms with van der Waals surface area (Å²) < 4.78 is 25.8. The molecule has 5 aliphatic rings. The summed E-state index contributed by atoms with van der Waals surface area (Å²) in [6.07, 6.45) is 6.41. The Labute approximate surface area is 274 Å². The molecular formula is C37H57NO5Si2. The summed E-state index contributed by atoms with van der Waals surface area (Å²) in [6.45, 7) is 22.3. The largest absolute Gasteiger partial charge is 0.413 e. The topological polar surface area (TPSA) is 80.9 Å². The van der Waals surface area contributed by atoms with E-state index in [1.54, 1.807) is 0 Å². The minimum Gasteiger partial charge on any atom is -0.413 e. The predicted octanol–water partition coefficient (Wildman–Crippen LogP) is 8.59. The molecule has 1 spiro atoms. The molecule has 0 aromatic heterocycles. The Bertz CT molecular complexity index is 1360. The SMILES string of the molecule is CC(C)(C)[Si](C)(C)OCc1ccc([C@H]2C[C@@]3(C)C(CC[C@@]3(C#N)O[Si](C)(C)C)C3CC[C@@]4(O)CC5(CCC4=C32)OCCO5)cc1. The van der Waals surface area contributed by atoms with Crippen molar-refractivity contribution in [3.8, 4) is 6.07 Å². The highest BCUT2D eigenvalue weighted by atomic mass is 28.4. The van der Waals surface area contributed by atoms with Crippen molar-refractivity contribution in [1.82, 2.24) is 0 Å². The number of benzene rings is 1. The minimum atomic E-state index is -2.00. The fourth-order valence-corrected chi connectivity index (χ4v) is 11.9. The number of aliphatic hydroxyl groups is 1. The lowest BCUT2D eigenvalue weighted by Crippen LogP contribution is -2.57. The van der Waals surface area contributed by atoms with E-state index >= 15 is 0 Å². The third-order valence-electron chi connectivity index (χ3n) is 12.8. The van der Waals surface area contributed by atoms with Crippen LogP contribution in [0.2, 0.25) is 37.8 Å². The first-order valence-electron chi connectivity index (χ1n) is 17.4. The van der Waals surface area contributed by atoms with Gasteiger partial charge in [0.1, 0.15) is 5.60 Å². The summed E-state index contributed by atoms with van der Waals surface area (Å²) in [6, 6.07) is 11.9. The van der Waals surface area contributed by atoms with Crippen LogP contribution in [0.4, 0.5) is 0 Å². The molecule has 248 valence electrons. The maximum atomic E-state index is 12.4. The normalized spacial score (nSPS) is 36.4. The van der Waals surface area contributed by atoms with Crippen molar-refractivity contribution in [1.29, 1.82) is 5.26 Å². The van der Waals surface area contributed by atoms with Crippen molar-refractivity contribution in [3.63, 3.8) is 0 Å². The van der Waals surface area contributed by atoms with Crippen molar-refractivity contribution in [2.24, 2.45) is 17.3 Å². The Hall–Kier alpha value is -1.32. The van der Waals surface area contributed by atoms with Gasteiger partial charge in [0.25, 0.3) is 0 Å². The number of hydrogen-bond acceptors (Lipinski definition) is 6. The first-order valence-corrected chi connectivity index (χ1v) is 23.8. The van der Waals surface area contributed by atoms with Crippen molar-refractivity contribution >= 4 is 16.6 Å². The van der Waals surface area contributed by atoms with Gasteiger partial charge in [-0.3, -0.25) is 0 Å². The zero-order valence-corrected chi connectivity index (χ0v) is 31.3. The molecule has 1 saturated heterocycles. The van der Waals surface area contributed by atoms with Crippen LogP contribution in [0.25, 0.3) is 0 Å². The smallest absolute Gasteiger partial charge is 0.192 e. The molecule has 6 rings (SSSR count). The van der Waals surface area contributed by atoms with Gasteiger partial charge in [-0.15, -0.1) is 0 Å². The second-order valence-electron chi connectivity index (χ2n) is 17.7. The van der Waals surface area contributed by atoms with Crippen LogP contribution in [-0.2, 0) is 24.9 Å². The van der Waals surface area contributed by atoms with Crippen molar-refractivity contribution in [2.75, 3.05) is 13.2 Å². The maximum absolute atomic E-state index is 12.4. The number of rotatable bonds is 6. The molecule has 1 heterocycles. The monoisotopic (exact) mass is 651 g/mol. The molecule has 0 amide bonds. The number of allylic oxidation sites excluding steroid dienone is 1. The fourth-order valence-electron chi connectivity index (χ4n) is 9.52. The van der Waals surface area contributed by atoms with E-state index in [9.17, 15) is 10.4 Å². The quantitative estimate of drug-likeness (QED) is 0.245. The van der Waals surface area contributed by atoms with Gasteiger partial charge >= 0.3 is 0 Å². The average Bonchev–Trinajstić information content (AvgIpc) is 3.51. The maximum Gasteiger partial charge on any atom is 0.192 e. The molecule has 2 unspecified atom stereocenters. The van der Waals surface area contributed by atoms with Crippen LogP contribution in [-0.4, -0.2) is 51.9 Å². The van der Waals surface area contributed by atoms with Gasteiger partial charge in [-0.25, -0.2) is 0 Å². The van der Waals surface area contributed by atoms with E-state index in [1.807, 2.05) is 0 Å². The lowest BCUT2D eigenvalue weighted by molar-refractivity contribution is -0.208. The average molecular weight is 652 g/mol. The lowest BCUT2D eigenvalue weighted by Gasteiger charge is -2.57. The van der Waals surface area contributed by atoms with Crippen LogP contribution in [0.5, 0.6) is 0 Å². The molecule has 4 fully saturated rings. The Morgan fingerprint density at radius 2 is 1.67 bits per heavy atom.